The van der Waals surface area contributed by atoms with Crippen molar-refractivity contribution < 1.29 is 0 Å². The lowest BCUT2D eigenvalue weighted by Gasteiger charge is -2.30. The maximum atomic E-state index is 2.48. The Morgan fingerprint density at radius 1 is 0.302 bits per heavy atom. The van der Waals surface area contributed by atoms with Crippen LogP contribution in [0.15, 0.2) is 224 Å². The van der Waals surface area contributed by atoms with Gasteiger partial charge in [-0.15, -0.1) is 22.7 Å². The van der Waals surface area contributed by atoms with Crippen molar-refractivity contribution in [1.82, 2.24) is 4.57 Å². The second kappa shape index (κ2) is 14.5. The first-order chi connectivity index (χ1) is 31.2. The van der Waals surface area contributed by atoms with E-state index in [0.717, 1.165) is 50.8 Å². The minimum absolute atomic E-state index is 1.07. The lowest BCUT2D eigenvalue weighted by molar-refractivity contribution is 1.18. The van der Waals surface area contributed by atoms with Crippen LogP contribution in [0.4, 0.5) is 34.1 Å². The van der Waals surface area contributed by atoms with Gasteiger partial charge in [-0.1, -0.05) is 133 Å². The molecule has 0 amide bonds. The van der Waals surface area contributed by atoms with Gasteiger partial charge in [-0.05, 0) is 102 Å². The summed E-state index contributed by atoms with van der Waals surface area (Å²) in [7, 11) is 0. The van der Waals surface area contributed by atoms with Crippen LogP contribution in [0, 0.1) is 0 Å². The summed E-state index contributed by atoms with van der Waals surface area (Å²) >= 11 is 3.72. The van der Waals surface area contributed by atoms with Crippen molar-refractivity contribution in [1.29, 1.82) is 0 Å². The molecule has 63 heavy (non-hydrogen) atoms. The normalized spacial score (nSPS) is 11.8. The summed E-state index contributed by atoms with van der Waals surface area (Å²) in [6.45, 7) is 0. The van der Waals surface area contributed by atoms with Crippen molar-refractivity contribution in [3.8, 4) is 5.69 Å². The van der Waals surface area contributed by atoms with E-state index in [9.17, 15) is 0 Å². The number of aromatic nitrogens is 1. The number of hydrogen-bond acceptors (Lipinski definition) is 4. The third kappa shape index (κ3) is 5.85. The van der Waals surface area contributed by atoms with E-state index in [4.69, 9.17) is 0 Å². The second-order valence-electron chi connectivity index (χ2n) is 16.1. The van der Waals surface area contributed by atoms with Gasteiger partial charge < -0.3 is 14.4 Å². The number of rotatable bonds is 7. The van der Waals surface area contributed by atoms with Crippen molar-refractivity contribution in [2.75, 3.05) is 9.80 Å². The van der Waals surface area contributed by atoms with Gasteiger partial charge in [0.1, 0.15) is 0 Å². The summed E-state index contributed by atoms with van der Waals surface area (Å²) in [6.07, 6.45) is 0. The van der Waals surface area contributed by atoms with E-state index in [1.165, 1.54) is 61.9 Å². The van der Waals surface area contributed by atoms with Crippen LogP contribution in [0.25, 0.3) is 78.6 Å². The smallest absolute Gasteiger partial charge is 0.0583 e. The first kappa shape index (κ1) is 36.0. The largest absolute Gasteiger partial charge is 0.310 e. The van der Waals surface area contributed by atoms with Crippen LogP contribution in [0.2, 0.25) is 0 Å². The molecule has 0 spiro atoms. The van der Waals surface area contributed by atoms with E-state index in [0.29, 0.717) is 0 Å². The van der Waals surface area contributed by atoms with Crippen LogP contribution >= 0.6 is 22.7 Å². The fourth-order valence-corrected chi connectivity index (χ4v) is 12.0. The molecule has 0 bridgehead atoms. The van der Waals surface area contributed by atoms with Crippen molar-refractivity contribution in [3.63, 3.8) is 0 Å². The van der Waals surface area contributed by atoms with Gasteiger partial charge in [0, 0.05) is 79.6 Å². The molecule has 0 aliphatic rings. The van der Waals surface area contributed by atoms with Crippen LogP contribution < -0.4 is 9.80 Å². The van der Waals surface area contributed by atoms with Gasteiger partial charge >= 0.3 is 0 Å². The average Bonchev–Trinajstić information content (AvgIpc) is 4.01. The molecule has 0 aliphatic heterocycles. The summed E-state index contributed by atoms with van der Waals surface area (Å²) < 4.78 is 7.61. The summed E-state index contributed by atoms with van der Waals surface area (Å²) in [5, 5.41) is 9.99. The van der Waals surface area contributed by atoms with Crippen LogP contribution in [0.1, 0.15) is 0 Å². The van der Waals surface area contributed by atoms with Gasteiger partial charge in [0.15, 0.2) is 0 Å². The zero-order valence-corrected chi connectivity index (χ0v) is 35.7. The Morgan fingerprint density at radius 3 is 1.46 bits per heavy atom. The average molecular weight is 840 g/mol. The predicted molar refractivity (Wildman–Crippen MR) is 273 cm³/mol. The summed E-state index contributed by atoms with van der Waals surface area (Å²) in [4.78, 5) is 4.92. The van der Waals surface area contributed by atoms with E-state index >= 15 is 0 Å². The van der Waals surface area contributed by atoms with E-state index in [-0.39, 0.29) is 0 Å². The van der Waals surface area contributed by atoms with Crippen molar-refractivity contribution in [2.24, 2.45) is 0 Å². The Kier molecular flexibility index (Phi) is 8.26. The molecule has 13 rings (SSSR count). The highest BCUT2D eigenvalue weighted by atomic mass is 32.1. The quantitative estimate of drug-likeness (QED) is 0.158. The lowest BCUT2D eigenvalue weighted by atomic mass is 10.0. The van der Waals surface area contributed by atoms with Gasteiger partial charge in [0.25, 0.3) is 0 Å². The fourth-order valence-electron chi connectivity index (χ4n) is 9.69. The number of anilines is 6. The predicted octanol–water partition coefficient (Wildman–Crippen LogP) is 17.6. The standard InChI is InChI=1S/C58H37N3S2/c1-3-17-40(18-4-1)60(41-19-5-2-6-20-41)52-34-45(35-53-58(52)50-23-9-12-24-51(50)61(53)42-28-27-38-15-7-8-16-39(38)33-42)59(43-29-31-48-46-21-10-13-25-54(46)62-56(48)36-43)44-30-32-49-47-22-11-14-26-55(47)63-57(49)37-44/h1-37H. The van der Waals surface area contributed by atoms with Crippen molar-refractivity contribution in [3.05, 3.63) is 224 Å². The third-order valence-electron chi connectivity index (χ3n) is 12.5. The SMILES string of the molecule is c1ccc(N(c2ccccc2)c2cc(N(c3ccc4c(c3)sc3ccccc34)c3ccc4c(c3)sc3ccccc34)cc3c2c2ccccc2n3-c2ccc3ccccc3c2)cc1. The van der Waals surface area contributed by atoms with E-state index < -0.39 is 0 Å². The highest BCUT2D eigenvalue weighted by Gasteiger charge is 2.25. The zero-order valence-electron chi connectivity index (χ0n) is 34.0. The number of fused-ring (bicyclic) bond motifs is 10. The highest BCUT2D eigenvalue weighted by Crippen LogP contribution is 2.50. The molecule has 0 unspecified atom stereocenters. The molecule has 3 nitrogen and oxygen atoms in total. The molecule has 0 saturated heterocycles. The van der Waals surface area contributed by atoms with E-state index in [2.05, 4.69) is 239 Å². The van der Waals surface area contributed by atoms with Crippen LogP contribution in [-0.4, -0.2) is 4.57 Å². The van der Waals surface area contributed by atoms with Crippen molar-refractivity contribution >= 4 is 130 Å². The Hall–Kier alpha value is -7.70. The number of thiophene rings is 2. The molecule has 0 N–H and O–H groups in total. The minimum atomic E-state index is 1.07. The lowest BCUT2D eigenvalue weighted by Crippen LogP contribution is -2.14. The highest BCUT2D eigenvalue weighted by molar-refractivity contribution is 7.26. The van der Waals surface area contributed by atoms with Gasteiger partial charge in [-0.25, -0.2) is 0 Å². The Balaban J connectivity index is 1.16. The first-order valence-electron chi connectivity index (χ1n) is 21.3. The second-order valence-corrected chi connectivity index (χ2v) is 18.3. The van der Waals surface area contributed by atoms with Gasteiger partial charge in [0.05, 0.1) is 22.4 Å². The van der Waals surface area contributed by atoms with E-state index in [1.807, 2.05) is 22.7 Å². The maximum absolute atomic E-state index is 2.48. The third-order valence-corrected chi connectivity index (χ3v) is 14.8. The van der Waals surface area contributed by atoms with Gasteiger partial charge in [-0.2, -0.15) is 0 Å². The zero-order chi connectivity index (χ0) is 41.4. The van der Waals surface area contributed by atoms with Gasteiger partial charge in [-0.3, -0.25) is 0 Å². The molecule has 5 heteroatoms. The Bertz CT molecular complexity index is 3730. The monoisotopic (exact) mass is 839 g/mol. The summed E-state index contributed by atoms with van der Waals surface area (Å²) in [5.41, 5.74) is 9.99. The molecule has 0 aliphatic carbocycles. The van der Waals surface area contributed by atoms with Crippen LogP contribution in [-0.2, 0) is 0 Å². The molecule has 0 fully saturated rings. The summed E-state index contributed by atoms with van der Waals surface area (Å²) in [6, 6.07) is 82.4. The number of nitrogens with zero attached hydrogens (tertiary/aromatic N) is 3. The number of benzene rings is 10. The molecule has 0 saturated carbocycles. The minimum Gasteiger partial charge on any atom is -0.310 e. The van der Waals surface area contributed by atoms with Gasteiger partial charge in [0.2, 0.25) is 0 Å². The molecule has 0 radical (unpaired) electrons. The molecule has 0 atom stereocenters. The maximum Gasteiger partial charge on any atom is 0.0583 e. The molecule has 3 aromatic heterocycles. The molecule has 3 heterocycles. The number of para-hydroxylation sites is 3. The van der Waals surface area contributed by atoms with E-state index in [1.54, 1.807) is 0 Å². The molecule has 296 valence electrons. The number of hydrogen-bond donors (Lipinski definition) is 0. The fraction of sp³-hybridized carbons (Fsp3) is 0. The first-order valence-corrected chi connectivity index (χ1v) is 23.0. The Labute approximate surface area is 372 Å². The Morgan fingerprint density at radius 2 is 0.825 bits per heavy atom. The topological polar surface area (TPSA) is 11.4 Å². The molecule has 13 aromatic rings. The van der Waals surface area contributed by atoms with Crippen molar-refractivity contribution in [2.45, 2.75) is 0 Å². The molecule has 10 aromatic carbocycles. The molecular weight excluding hydrogens is 803 g/mol. The van der Waals surface area contributed by atoms with Crippen LogP contribution in [0.5, 0.6) is 0 Å². The molecular formula is C58H37N3S2. The van der Waals surface area contributed by atoms with Crippen LogP contribution in [0.3, 0.4) is 0 Å². The summed E-state index contributed by atoms with van der Waals surface area (Å²) in [5.74, 6) is 0.